The minimum atomic E-state index is 0.815. The van der Waals surface area contributed by atoms with E-state index in [2.05, 4.69) is 16.0 Å². The molecule has 12 heavy (non-hydrogen) atoms. The summed E-state index contributed by atoms with van der Waals surface area (Å²) in [5.41, 5.74) is 0.815. The van der Waals surface area contributed by atoms with Gasteiger partial charge in [-0.1, -0.05) is 0 Å². The van der Waals surface area contributed by atoms with Crippen molar-refractivity contribution in [2.24, 2.45) is 0 Å². The molecule has 2 nitrogen and oxygen atoms in total. The Morgan fingerprint density at radius 1 is 1.33 bits per heavy atom. The largest absolute Gasteiger partial charge is 0.237 e. The number of hydrogen-bond acceptors (Lipinski definition) is 3. The van der Waals surface area contributed by atoms with Crippen LogP contribution in [0.25, 0.3) is 11.0 Å². The molecule has 2 aromatic heterocycles. The smallest absolute Gasteiger partial charge is 0.159 e. The van der Waals surface area contributed by atoms with Crippen molar-refractivity contribution in [2.75, 3.05) is 6.26 Å². The first kappa shape index (κ1) is 7.55. The fraction of sp³-hybridized carbons (Fsp3) is 0.111. The second kappa shape index (κ2) is 3.11. The van der Waals surface area contributed by atoms with Gasteiger partial charge in [-0.25, -0.2) is 9.97 Å². The molecule has 0 aliphatic rings. The summed E-state index contributed by atoms with van der Waals surface area (Å²) >= 11 is 1.69. The third-order valence-electron chi connectivity index (χ3n) is 1.66. The monoisotopic (exact) mass is 176 g/mol. The maximum Gasteiger partial charge on any atom is 0.159 e. The molecular weight excluding hydrogens is 168 g/mol. The summed E-state index contributed by atoms with van der Waals surface area (Å²) in [5, 5.41) is 1.10. The number of aromatic nitrogens is 2. The highest BCUT2D eigenvalue weighted by molar-refractivity contribution is 7.98. The highest BCUT2D eigenvalue weighted by atomic mass is 32.2. The molecule has 60 valence electrons. The first-order valence-corrected chi connectivity index (χ1v) is 4.87. The van der Waals surface area contributed by atoms with E-state index in [1.54, 1.807) is 18.0 Å². The molecule has 0 fully saturated rings. The summed E-state index contributed by atoms with van der Waals surface area (Å²) in [4.78, 5) is 9.53. The Morgan fingerprint density at radius 3 is 3.08 bits per heavy atom. The molecule has 0 unspecified atom stereocenters. The fourth-order valence-electron chi connectivity index (χ4n) is 1.06. The normalized spacial score (nSPS) is 10.4. The molecule has 0 aliphatic heterocycles. The Labute approximate surface area is 75.0 Å². The Hall–Kier alpha value is -1.09. The number of fused-ring (bicyclic) bond motifs is 1. The van der Waals surface area contributed by atoms with Crippen molar-refractivity contribution in [1.82, 2.24) is 9.97 Å². The molecule has 0 spiro atoms. The molecule has 0 atom stereocenters. The molecule has 0 radical (unpaired) electrons. The zero-order valence-electron chi connectivity index (χ0n) is 6.69. The molecule has 0 aromatic carbocycles. The van der Waals surface area contributed by atoms with Crippen LogP contribution in [0.2, 0.25) is 0 Å². The van der Waals surface area contributed by atoms with Crippen LogP contribution in [0.5, 0.6) is 0 Å². The molecule has 0 saturated carbocycles. The molecule has 0 bridgehead atoms. The van der Waals surface area contributed by atoms with Crippen LogP contribution in [0.4, 0.5) is 0 Å². The maximum absolute atomic E-state index is 4.22. The second-order valence-corrected chi connectivity index (χ2v) is 3.30. The lowest BCUT2D eigenvalue weighted by Crippen LogP contribution is -1.82. The van der Waals surface area contributed by atoms with E-state index < -0.39 is 0 Å². The zero-order valence-corrected chi connectivity index (χ0v) is 7.51. The van der Waals surface area contributed by atoms with Gasteiger partial charge in [0.1, 0.15) is 0 Å². The lowest BCUT2D eigenvalue weighted by atomic mass is 10.3. The predicted octanol–water partition coefficient (Wildman–Crippen LogP) is 2.35. The molecule has 0 amide bonds. The van der Waals surface area contributed by atoms with Gasteiger partial charge in [0.05, 0.1) is 0 Å². The maximum atomic E-state index is 4.22. The van der Waals surface area contributed by atoms with E-state index in [1.807, 2.05) is 24.6 Å². The van der Waals surface area contributed by atoms with Crippen LogP contribution in [-0.4, -0.2) is 16.2 Å². The topological polar surface area (TPSA) is 25.8 Å². The van der Waals surface area contributed by atoms with Gasteiger partial charge in [0, 0.05) is 22.7 Å². The highest BCUT2D eigenvalue weighted by Gasteiger charge is 1.95. The van der Waals surface area contributed by atoms with Crippen molar-refractivity contribution >= 4 is 22.8 Å². The number of rotatable bonds is 1. The Morgan fingerprint density at radius 2 is 2.25 bits per heavy atom. The molecular formula is C9H8N2S. The van der Waals surface area contributed by atoms with E-state index in [0.29, 0.717) is 0 Å². The second-order valence-electron chi connectivity index (χ2n) is 2.43. The summed E-state index contributed by atoms with van der Waals surface area (Å²) in [6.45, 7) is 0. The Kier molecular flexibility index (Phi) is 1.96. The van der Waals surface area contributed by atoms with Crippen LogP contribution in [-0.2, 0) is 0 Å². The number of hydrogen-bond donors (Lipinski definition) is 0. The van der Waals surface area contributed by atoms with Crippen molar-refractivity contribution < 1.29 is 0 Å². The highest BCUT2D eigenvalue weighted by Crippen LogP contribution is 2.17. The summed E-state index contributed by atoms with van der Waals surface area (Å²) in [6.07, 6.45) is 5.65. The van der Waals surface area contributed by atoms with Crippen molar-refractivity contribution in [3.8, 4) is 0 Å². The van der Waals surface area contributed by atoms with Crippen molar-refractivity contribution in [3.63, 3.8) is 0 Å². The molecule has 0 N–H and O–H groups in total. The third kappa shape index (κ3) is 1.28. The van der Waals surface area contributed by atoms with E-state index in [-0.39, 0.29) is 0 Å². The fourth-order valence-corrected chi connectivity index (χ4v) is 1.46. The van der Waals surface area contributed by atoms with E-state index in [0.717, 1.165) is 11.0 Å². The minimum absolute atomic E-state index is 0.815. The van der Waals surface area contributed by atoms with E-state index in [4.69, 9.17) is 0 Å². The quantitative estimate of drug-likeness (QED) is 0.624. The average Bonchev–Trinajstić information content (AvgIpc) is 2.17. The van der Waals surface area contributed by atoms with Gasteiger partial charge in [-0.3, -0.25) is 0 Å². The summed E-state index contributed by atoms with van der Waals surface area (Å²) in [6, 6.07) is 6.04. The summed E-state index contributed by atoms with van der Waals surface area (Å²) in [5.74, 6) is 0. The molecule has 2 heterocycles. The first-order chi connectivity index (χ1) is 5.90. The predicted molar refractivity (Wildman–Crippen MR) is 51.3 cm³/mol. The van der Waals surface area contributed by atoms with Gasteiger partial charge in [0.25, 0.3) is 0 Å². The van der Waals surface area contributed by atoms with Crippen LogP contribution in [0.1, 0.15) is 0 Å². The Balaban J connectivity index is 2.67. The van der Waals surface area contributed by atoms with Gasteiger partial charge in [-0.05, 0) is 24.5 Å². The van der Waals surface area contributed by atoms with Gasteiger partial charge in [0.2, 0.25) is 0 Å². The lowest BCUT2D eigenvalue weighted by molar-refractivity contribution is 1.24. The van der Waals surface area contributed by atoms with Crippen LogP contribution in [0, 0.1) is 0 Å². The van der Waals surface area contributed by atoms with Crippen molar-refractivity contribution in [1.29, 1.82) is 0 Å². The lowest BCUT2D eigenvalue weighted by Gasteiger charge is -1.97. The summed E-state index contributed by atoms with van der Waals surface area (Å²) in [7, 11) is 0. The van der Waals surface area contributed by atoms with Gasteiger partial charge < -0.3 is 0 Å². The molecule has 0 saturated heterocycles. The molecule has 3 heteroatoms. The molecule has 2 aromatic rings. The first-order valence-electron chi connectivity index (χ1n) is 3.65. The standard InChI is InChI=1S/C9H8N2S/c1-12-8-5-7-3-2-4-10-9(7)11-6-8/h2-6H,1H3. The minimum Gasteiger partial charge on any atom is -0.237 e. The van der Waals surface area contributed by atoms with Crippen molar-refractivity contribution in [3.05, 3.63) is 30.6 Å². The van der Waals surface area contributed by atoms with Crippen LogP contribution in [0.15, 0.2) is 35.5 Å². The van der Waals surface area contributed by atoms with E-state index in [9.17, 15) is 0 Å². The summed E-state index contributed by atoms with van der Waals surface area (Å²) < 4.78 is 0. The average molecular weight is 176 g/mol. The van der Waals surface area contributed by atoms with Crippen LogP contribution < -0.4 is 0 Å². The number of pyridine rings is 2. The van der Waals surface area contributed by atoms with Gasteiger partial charge in [-0.2, -0.15) is 0 Å². The SMILES string of the molecule is CSc1cnc2ncccc2c1. The van der Waals surface area contributed by atoms with Crippen molar-refractivity contribution in [2.45, 2.75) is 4.90 Å². The van der Waals surface area contributed by atoms with Gasteiger partial charge >= 0.3 is 0 Å². The van der Waals surface area contributed by atoms with E-state index >= 15 is 0 Å². The number of thioether (sulfide) groups is 1. The van der Waals surface area contributed by atoms with Crippen LogP contribution >= 0.6 is 11.8 Å². The zero-order chi connectivity index (χ0) is 8.39. The molecule has 2 rings (SSSR count). The number of nitrogens with zero attached hydrogens (tertiary/aromatic N) is 2. The van der Waals surface area contributed by atoms with Gasteiger partial charge in [-0.15, -0.1) is 11.8 Å². The van der Waals surface area contributed by atoms with Crippen LogP contribution in [0.3, 0.4) is 0 Å². The third-order valence-corrected chi connectivity index (χ3v) is 2.36. The van der Waals surface area contributed by atoms with E-state index in [1.165, 1.54) is 4.90 Å². The molecule has 0 aliphatic carbocycles. The van der Waals surface area contributed by atoms with Gasteiger partial charge in [0.15, 0.2) is 5.65 Å². The Bertz CT molecular complexity index is 400.